The molecule has 0 atom stereocenters. The molecule has 0 saturated heterocycles. The SMILES string of the molecule is Cc1cccc(C(O)(C(F)(F)F)C(F)(F)F)n1. The summed E-state index contributed by atoms with van der Waals surface area (Å²) in [5, 5.41) is 8.97. The summed E-state index contributed by atoms with van der Waals surface area (Å²) in [6.07, 6.45) is -11.8. The van der Waals surface area contributed by atoms with Crippen LogP contribution in [0, 0.1) is 6.92 Å². The van der Waals surface area contributed by atoms with E-state index in [1.165, 1.54) is 13.0 Å². The summed E-state index contributed by atoms with van der Waals surface area (Å²) in [4.78, 5) is 3.09. The van der Waals surface area contributed by atoms with Gasteiger partial charge in [-0.05, 0) is 19.1 Å². The van der Waals surface area contributed by atoms with Crippen molar-refractivity contribution in [3.8, 4) is 0 Å². The summed E-state index contributed by atoms with van der Waals surface area (Å²) in [7, 11) is 0. The maximum Gasteiger partial charge on any atom is 0.432 e. The van der Waals surface area contributed by atoms with Gasteiger partial charge in [0.1, 0.15) is 0 Å². The van der Waals surface area contributed by atoms with Gasteiger partial charge in [-0.15, -0.1) is 0 Å². The third-order valence-electron chi connectivity index (χ3n) is 2.08. The number of halogens is 6. The van der Waals surface area contributed by atoms with E-state index in [4.69, 9.17) is 5.11 Å². The van der Waals surface area contributed by atoms with Gasteiger partial charge >= 0.3 is 12.4 Å². The first-order valence-corrected chi connectivity index (χ1v) is 4.30. The Morgan fingerprint density at radius 1 is 1.00 bits per heavy atom. The highest BCUT2D eigenvalue weighted by Gasteiger charge is 2.72. The van der Waals surface area contributed by atoms with Gasteiger partial charge in [0.05, 0.1) is 5.69 Å². The van der Waals surface area contributed by atoms with E-state index in [1.54, 1.807) is 0 Å². The molecule has 0 spiro atoms. The third kappa shape index (κ3) is 2.21. The molecule has 0 unspecified atom stereocenters. The highest BCUT2D eigenvalue weighted by Crippen LogP contribution is 2.49. The Morgan fingerprint density at radius 3 is 1.82 bits per heavy atom. The molecule has 96 valence electrons. The molecule has 8 heteroatoms. The second kappa shape index (κ2) is 3.86. The predicted octanol–water partition coefficient (Wildman–Crippen LogP) is 2.70. The van der Waals surface area contributed by atoms with Crippen molar-refractivity contribution in [2.45, 2.75) is 24.9 Å². The number of alkyl halides is 6. The van der Waals surface area contributed by atoms with Crippen LogP contribution < -0.4 is 0 Å². The molecule has 1 aromatic heterocycles. The number of aromatic nitrogens is 1. The van der Waals surface area contributed by atoms with Gasteiger partial charge in [0.25, 0.3) is 5.60 Å². The molecule has 1 rings (SSSR count). The Bertz CT molecular complexity index is 397. The van der Waals surface area contributed by atoms with Gasteiger partial charge in [0.2, 0.25) is 0 Å². The molecular formula is C9H7F6NO. The fourth-order valence-electron chi connectivity index (χ4n) is 1.20. The Hall–Kier alpha value is -1.31. The fourth-order valence-corrected chi connectivity index (χ4v) is 1.20. The molecule has 0 fully saturated rings. The molecule has 1 heterocycles. The number of nitrogens with zero attached hydrogens (tertiary/aromatic N) is 1. The highest BCUT2D eigenvalue weighted by atomic mass is 19.4. The van der Waals surface area contributed by atoms with Gasteiger partial charge in [-0.25, -0.2) is 0 Å². The standard InChI is InChI=1S/C9H7F6NO/c1-5-3-2-4-6(16-5)7(17,8(10,11)12)9(13,14)15/h2-4,17H,1H3. The van der Waals surface area contributed by atoms with Crippen LogP contribution in [0.25, 0.3) is 0 Å². The number of hydrogen-bond acceptors (Lipinski definition) is 2. The predicted molar refractivity (Wildman–Crippen MR) is 45.0 cm³/mol. The Morgan fingerprint density at radius 2 is 1.47 bits per heavy atom. The van der Waals surface area contributed by atoms with Crippen LogP contribution in [0.1, 0.15) is 11.4 Å². The van der Waals surface area contributed by atoms with Crippen LogP contribution in [0.15, 0.2) is 18.2 Å². The van der Waals surface area contributed by atoms with E-state index in [-0.39, 0.29) is 5.69 Å². The lowest BCUT2D eigenvalue weighted by atomic mass is 9.97. The van der Waals surface area contributed by atoms with Gasteiger partial charge in [-0.3, -0.25) is 4.98 Å². The molecule has 17 heavy (non-hydrogen) atoms. The Kier molecular flexibility index (Phi) is 3.13. The molecule has 0 aliphatic heterocycles. The Labute approximate surface area is 91.9 Å². The second-order valence-electron chi connectivity index (χ2n) is 3.37. The second-order valence-corrected chi connectivity index (χ2v) is 3.37. The minimum atomic E-state index is -5.90. The van der Waals surface area contributed by atoms with E-state index in [2.05, 4.69) is 4.98 Å². The van der Waals surface area contributed by atoms with Crippen LogP contribution in [-0.4, -0.2) is 22.4 Å². The van der Waals surface area contributed by atoms with Gasteiger partial charge in [-0.2, -0.15) is 26.3 Å². The van der Waals surface area contributed by atoms with Crippen LogP contribution in [0.5, 0.6) is 0 Å². The van der Waals surface area contributed by atoms with Crippen LogP contribution in [0.3, 0.4) is 0 Å². The van der Waals surface area contributed by atoms with Crippen molar-refractivity contribution < 1.29 is 31.4 Å². The highest BCUT2D eigenvalue weighted by molar-refractivity contribution is 5.21. The zero-order valence-electron chi connectivity index (χ0n) is 8.39. The summed E-state index contributed by atoms with van der Waals surface area (Å²) < 4.78 is 74.4. The van der Waals surface area contributed by atoms with E-state index in [0.29, 0.717) is 6.07 Å². The van der Waals surface area contributed by atoms with Gasteiger partial charge < -0.3 is 5.11 Å². The van der Waals surface area contributed by atoms with Crippen LogP contribution >= 0.6 is 0 Å². The summed E-state index contributed by atoms with van der Waals surface area (Å²) >= 11 is 0. The largest absolute Gasteiger partial charge is 0.432 e. The lowest BCUT2D eigenvalue weighted by Crippen LogP contribution is -2.54. The molecule has 0 aliphatic rings. The van der Waals surface area contributed by atoms with Crippen LogP contribution in [-0.2, 0) is 5.60 Å². The van der Waals surface area contributed by atoms with E-state index in [0.717, 1.165) is 6.07 Å². The van der Waals surface area contributed by atoms with E-state index >= 15 is 0 Å². The summed E-state index contributed by atoms with van der Waals surface area (Å²) in [5.74, 6) is 0. The maximum absolute atomic E-state index is 12.4. The molecule has 1 N–H and O–H groups in total. The van der Waals surface area contributed by atoms with Crippen molar-refractivity contribution in [2.75, 3.05) is 0 Å². The molecule has 0 amide bonds. The number of aryl methyl sites for hydroxylation is 1. The summed E-state index contributed by atoms with van der Waals surface area (Å²) in [6.45, 7) is 1.22. The van der Waals surface area contributed by atoms with Crippen molar-refractivity contribution in [3.63, 3.8) is 0 Å². The molecule has 0 saturated carbocycles. The lowest BCUT2D eigenvalue weighted by Gasteiger charge is -2.31. The summed E-state index contributed by atoms with van der Waals surface area (Å²) in [6, 6.07) is 2.66. The fraction of sp³-hybridized carbons (Fsp3) is 0.444. The average Bonchev–Trinajstić information content (AvgIpc) is 2.12. The van der Waals surface area contributed by atoms with Gasteiger partial charge in [0.15, 0.2) is 0 Å². The van der Waals surface area contributed by atoms with E-state index < -0.39 is 23.6 Å². The lowest BCUT2D eigenvalue weighted by molar-refractivity contribution is -0.377. The van der Waals surface area contributed by atoms with Crippen molar-refractivity contribution in [3.05, 3.63) is 29.6 Å². The first-order valence-electron chi connectivity index (χ1n) is 4.30. The van der Waals surface area contributed by atoms with Crippen LogP contribution in [0.2, 0.25) is 0 Å². The van der Waals surface area contributed by atoms with Gasteiger partial charge in [-0.1, -0.05) is 6.07 Å². The first kappa shape index (κ1) is 13.8. The number of hydrogen-bond donors (Lipinski definition) is 1. The number of rotatable bonds is 1. The first-order chi connectivity index (χ1) is 7.50. The number of pyridine rings is 1. The molecule has 0 bridgehead atoms. The molecular weight excluding hydrogens is 252 g/mol. The molecule has 2 nitrogen and oxygen atoms in total. The molecule has 1 aromatic rings. The molecule has 0 radical (unpaired) electrons. The third-order valence-corrected chi connectivity index (χ3v) is 2.08. The minimum absolute atomic E-state index is 0.0607. The van der Waals surface area contributed by atoms with E-state index in [1.807, 2.05) is 0 Å². The monoisotopic (exact) mass is 259 g/mol. The van der Waals surface area contributed by atoms with Crippen molar-refractivity contribution in [2.24, 2.45) is 0 Å². The smallest absolute Gasteiger partial charge is 0.368 e. The van der Waals surface area contributed by atoms with Crippen LogP contribution in [0.4, 0.5) is 26.3 Å². The minimum Gasteiger partial charge on any atom is -0.368 e. The van der Waals surface area contributed by atoms with Gasteiger partial charge in [0, 0.05) is 5.69 Å². The quantitative estimate of drug-likeness (QED) is 0.786. The molecule has 0 aliphatic carbocycles. The van der Waals surface area contributed by atoms with E-state index in [9.17, 15) is 26.3 Å². The van der Waals surface area contributed by atoms with Crippen molar-refractivity contribution >= 4 is 0 Å². The zero-order chi connectivity index (χ0) is 13.5. The topological polar surface area (TPSA) is 33.1 Å². The van der Waals surface area contributed by atoms with Crippen molar-refractivity contribution in [1.82, 2.24) is 4.98 Å². The average molecular weight is 259 g/mol. The number of aliphatic hydroxyl groups is 1. The summed E-state index contributed by atoms with van der Waals surface area (Å²) in [5.41, 5.74) is -6.50. The normalized spacial score (nSPS) is 13.9. The molecule has 0 aromatic carbocycles. The van der Waals surface area contributed by atoms with Crippen molar-refractivity contribution in [1.29, 1.82) is 0 Å². The maximum atomic E-state index is 12.4. The zero-order valence-corrected chi connectivity index (χ0v) is 8.39. The Balaban J connectivity index is 3.46.